The van der Waals surface area contributed by atoms with Gasteiger partial charge in [-0.25, -0.2) is 9.38 Å². The molecule has 1 aliphatic rings. The molecule has 3 heterocycles. The molecule has 7 rings (SSSR count). The van der Waals surface area contributed by atoms with E-state index in [1.54, 1.807) is 35.8 Å². The van der Waals surface area contributed by atoms with E-state index in [0.29, 0.717) is 43.4 Å². The van der Waals surface area contributed by atoms with E-state index in [1.165, 1.54) is 23.5 Å². The van der Waals surface area contributed by atoms with Crippen LogP contribution >= 0.6 is 22.9 Å². The van der Waals surface area contributed by atoms with Crippen LogP contribution in [0.2, 0.25) is 5.02 Å². The molecule has 0 saturated heterocycles. The number of halogens is 2. The summed E-state index contributed by atoms with van der Waals surface area (Å²) in [5.74, 6) is -0.784. The molecular weight excluding hydrogens is 607 g/mol. The van der Waals surface area contributed by atoms with Crippen molar-refractivity contribution in [2.45, 2.75) is 19.5 Å². The lowest BCUT2D eigenvalue weighted by Gasteiger charge is -2.25. The van der Waals surface area contributed by atoms with Crippen LogP contribution in [0, 0.1) is 5.82 Å². The second kappa shape index (κ2) is 11.8. The molecule has 1 amide bonds. The zero-order valence-corrected chi connectivity index (χ0v) is 25.6. The minimum atomic E-state index is -0.793. The Hall–Kier alpha value is -5.05. The van der Waals surface area contributed by atoms with Gasteiger partial charge >= 0.3 is 0 Å². The monoisotopic (exact) mass is 632 g/mol. The van der Waals surface area contributed by atoms with Gasteiger partial charge in [-0.1, -0.05) is 83.6 Å². The summed E-state index contributed by atoms with van der Waals surface area (Å²) < 4.78 is 18.2. The van der Waals surface area contributed by atoms with Gasteiger partial charge in [-0.3, -0.25) is 14.2 Å². The summed E-state index contributed by atoms with van der Waals surface area (Å²) in [5, 5.41) is 4.62. The molecule has 1 aliphatic heterocycles. The zero-order chi connectivity index (χ0) is 31.1. The number of allylic oxidation sites excluding steroid dienone is 1. The number of nitrogens with one attached hydrogen (secondary N) is 1. The standard InChI is InChI=1S/C36H26ClFN4O2S/c1-22-32(34(43)40-28-7-3-2-4-8-28)33(24-13-17-27(38)18-14-24)42-35(44)31(45-36(42)39-22)19-25-21-41(30-10-6-5-9-29(25)30)20-23-11-15-26(37)16-12-23/h2-19,21,33H,20H2,1H3,(H,40,43)/b31-19+/t33-/m0/s1. The molecule has 0 spiro atoms. The number of amides is 1. The summed E-state index contributed by atoms with van der Waals surface area (Å²) >= 11 is 7.37. The van der Waals surface area contributed by atoms with Crippen LogP contribution in [0.25, 0.3) is 17.0 Å². The van der Waals surface area contributed by atoms with E-state index in [1.807, 2.05) is 72.9 Å². The van der Waals surface area contributed by atoms with Gasteiger partial charge in [0.25, 0.3) is 11.5 Å². The van der Waals surface area contributed by atoms with E-state index in [2.05, 4.69) is 16.0 Å². The molecule has 0 aliphatic carbocycles. The van der Waals surface area contributed by atoms with Gasteiger partial charge in [0.2, 0.25) is 0 Å². The predicted octanol–water partition coefficient (Wildman–Crippen LogP) is 6.67. The van der Waals surface area contributed by atoms with Crippen molar-refractivity contribution in [3.05, 3.63) is 168 Å². The van der Waals surface area contributed by atoms with E-state index in [9.17, 15) is 14.0 Å². The van der Waals surface area contributed by atoms with Gasteiger partial charge in [0, 0.05) is 39.9 Å². The summed E-state index contributed by atoms with van der Waals surface area (Å²) in [4.78, 5) is 33.1. The SMILES string of the molecule is CC1=C(C(=O)Nc2ccccc2)[C@H](c2ccc(F)cc2)n2c(s/c(=C/c3cn(Cc4ccc(Cl)cc4)c4ccccc34)c2=O)=N1. The highest BCUT2D eigenvalue weighted by atomic mass is 35.5. The number of benzene rings is 4. The molecule has 1 atom stereocenters. The lowest BCUT2D eigenvalue weighted by atomic mass is 9.95. The van der Waals surface area contributed by atoms with Crippen molar-refractivity contribution in [2.75, 3.05) is 5.32 Å². The zero-order valence-electron chi connectivity index (χ0n) is 24.1. The maximum Gasteiger partial charge on any atom is 0.271 e. The topological polar surface area (TPSA) is 68.4 Å². The summed E-state index contributed by atoms with van der Waals surface area (Å²) in [5.41, 5.74) is 4.79. The first-order valence-corrected chi connectivity index (χ1v) is 15.5. The number of carbonyl (C=O) groups is 1. The smallest absolute Gasteiger partial charge is 0.271 e. The quantitative estimate of drug-likeness (QED) is 0.223. The number of hydrogen-bond donors (Lipinski definition) is 1. The third-order valence-corrected chi connectivity index (χ3v) is 9.09. The van der Waals surface area contributed by atoms with Crippen LogP contribution in [-0.4, -0.2) is 15.0 Å². The van der Waals surface area contributed by atoms with Crippen LogP contribution < -0.4 is 20.2 Å². The molecule has 0 unspecified atom stereocenters. The van der Waals surface area contributed by atoms with Gasteiger partial charge in [-0.2, -0.15) is 0 Å². The Morgan fingerprint density at radius 2 is 1.69 bits per heavy atom. The lowest BCUT2D eigenvalue weighted by Crippen LogP contribution is -2.40. The Balaban J connectivity index is 1.35. The molecule has 0 bridgehead atoms. The highest BCUT2D eigenvalue weighted by Gasteiger charge is 2.32. The minimum absolute atomic E-state index is 0.278. The Morgan fingerprint density at radius 1 is 0.978 bits per heavy atom. The summed E-state index contributed by atoms with van der Waals surface area (Å²) in [6, 6.07) is 30.0. The molecule has 2 aromatic heterocycles. The fourth-order valence-electron chi connectivity index (χ4n) is 5.74. The fraction of sp³-hybridized carbons (Fsp3) is 0.0833. The van der Waals surface area contributed by atoms with Crippen LogP contribution in [0.1, 0.15) is 29.7 Å². The number of para-hydroxylation sites is 2. The highest BCUT2D eigenvalue weighted by Crippen LogP contribution is 2.31. The van der Waals surface area contributed by atoms with Crippen LogP contribution in [0.15, 0.2) is 130 Å². The Morgan fingerprint density at radius 3 is 2.44 bits per heavy atom. The van der Waals surface area contributed by atoms with Gasteiger partial charge in [-0.05, 0) is 66.6 Å². The van der Waals surface area contributed by atoms with E-state index in [4.69, 9.17) is 16.6 Å². The first-order valence-electron chi connectivity index (χ1n) is 14.3. The van der Waals surface area contributed by atoms with E-state index < -0.39 is 11.9 Å². The normalized spacial score (nSPS) is 14.8. The maximum atomic E-state index is 14.2. The molecule has 4 aromatic carbocycles. The average Bonchev–Trinajstić information content (AvgIpc) is 3.54. The second-order valence-electron chi connectivity index (χ2n) is 10.8. The van der Waals surface area contributed by atoms with Crippen molar-refractivity contribution in [3.8, 4) is 0 Å². The summed E-state index contributed by atoms with van der Waals surface area (Å²) in [7, 11) is 0. The van der Waals surface area contributed by atoms with Crippen LogP contribution in [-0.2, 0) is 11.3 Å². The Labute approximate surface area is 266 Å². The van der Waals surface area contributed by atoms with Crippen molar-refractivity contribution in [1.29, 1.82) is 0 Å². The number of anilines is 1. The van der Waals surface area contributed by atoms with E-state index in [-0.39, 0.29) is 11.5 Å². The number of aromatic nitrogens is 2. The first kappa shape index (κ1) is 28.7. The molecule has 6 aromatic rings. The Bertz CT molecular complexity index is 2290. The van der Waals surface area contributed by atoms with Gasteiger partial charge in [0.1, 0.15) is 5.82 Å². The molecule has 1 N–H and O–H groups in total. The summed E-state index contributed by atoms with van der Waals surface area (Å²) in [6.45, 7) is 2.40. The van der Waals surface area contributed by atoms with Crippen LogP contribution in [0.5, 0.6) is 0 Å². The largest absolute Gasteiger partial charge is 0.342 e. The minimum Gasteiger partial charge on any atom is -0.342 e. The number of hydrogen-bond acceptors (Lipinski definition) is 4. The summed E-state index contributed by atoms with van der Waals surface area (Å²) in [6.07, 6.45) is 3.92. The Kier molecular flexibility index (Phi) is 7.53. The van der Waals surface area contributed by atoms with Gasteiger partial charge < -0.3 is 9.88 Å². The fourth-order valence-corrected chi connectivity index (χ4v) is 6.90. The third-order valence-electron chi connectivity index (χ3n) is 7.86. The van der Waals surface area contributed by atoms with Crippen molar-refractivity contribution in [2.24, 2.45) is 4.99 Å². The molecular formula is C36H26ClFN4O2S. The number of nitrogens with zero attached hydrogens (tertiary/aromatic N) is 3. The number of rotatable bonds is 6. The second-order valence-corrected chi connectivity index (χ2v) is 12.3. The molecule has 222 valence electrons. The molecule has 0 fully saturated rings. The van der Waals surface area contributed by atoms with Crippen LogP contribution in [0.3, 0.4) is 0 Å². The molecule has 45 heavy (non-hydrogen) atoms. The van der Waals surface area contributed by atoms with Crippen molar-refractivity contribution in [1.82, 2.24) is 9.13 Å². The predicted molar refractivity (Wildman–Crippen MR) is 178 cm³/mol. The number of fused-ring (bicyclic) bond motifs is 2. The molecule has 9 heteroatoms. The highest BCUT2D eigenvalue weighted by molar-refractivity contribution is 7.07. The molecule has 6 nitrogen and oxygen atoms in total. The van der Waals surface area contributed by atoms with Crippen LogP contribution in [0.4, 0.5) is 10.1 Å². The third kappa shape index (κ3) is 5.54. The van der Waals surface area contributed by atoms with E-state index in [0.717, 1.165) is 22.0 Å². The van der Waals surface area contributed by atoms with E-state index >= 15 is 0 Å². The first-order chi connectivity index (χ1) is 21.9. The number of thiazole rings is 1. The van der Waals surface area contributed by atoms with Crippen molar-refractivity contribution >= 4 is 51.5 Å². The van der Waals surface area contributed by atoms with Crippen molar-refractivity contribution in [3.63, 3.8) is 0 Å². The number of carbonyl (C=O) groups excluding carboxylic acids is 1. The average molecular weight is 633 g/mol. The molecule has 0 saturated carbocycles. The van der Waals surface area contributed by atoms with Gasteiger partial charge in [0.05, 0.1) is 21.8 Å². The van der Waals surface area contributed by atoms with Crippen molar-refractivity contribution < 1.29 is 9.18 Å². The lowest BCUT2D eigenvalue weighted by molar-refractivity contribution is -0.113. The maximum absolute atomic E-state index is 14.2. The molecule has 0 radical (unpaired) electrons. The van der Waals surface area contributed by atoms with Gasteiger partial charge in [-0.15, -0.1) is 0 Å². The van der Waals surface area contributed by atoms with Gasteiger partial charge in [0.15, 0.2) is 4.80 Å².